The van der Waals surface area contributed by atoms with E-state index in [9.17, 15) is 22.7 Å². The van der Waals surface area contributed by atoms with Crippen molar-refractivity contribution >= 4 is 33.2 Å². The number of nitrogens with two attached hydrogens (primary N) is 1. The second-order valence-corrected chi connectivity index (χ2v) is 12.4. The summed E-state index contributed by atoms with van der Waals surface area (Å²) in [4.78, 5) is 16.1. The number of piperidine rings is 1. The summed E-state index contributed by atoms with van der Waals surface area (Å²) >= 11 is 0. The Hall–Kier alpha value is -3.19. The number of benzene rings is 2. The van der Waals surface area contributed by atoms with Gasteiger partial charge in [0.05, 0.1) is 23.2 Å². The zero-order chi connectivity index (χ0) is 31.7. The summed E-state index contributed by atoms with van der Waals surface area (Å²) in [5, 5.41) is 10.6. The van der Waals surface area contributed by atoms with E-state index < -0.39 is 47.4 Å². The van der Waals surface area contributed by atoms with Crippen molar-refractivity contribution in [2.45, 2.75) is 51.0 Å². The Bertz CT molecular complexity index is 1860. The first-order valence-electron chi connectivity index (χ1n) is 14.9. The number of halogens is 5. The van der Waals surface area contributed by atoms with Gasteiger partial charge in [-0.2, -0.15) is 16.4 Å². The minimum Gasteiger partial charge on any atom is -0.479 e. The topological polar surface area (TPSA) is 91.4 Å². The molecule has 4 fully saturated rings. The summed E-state index contributed by atoms with van der Waals surface area (Å²) in [6, 6.07) is 3.96. The molecule has 2 aromatic carbocycles. The molecule has 5 heterocycles. The first-order valence-corrected chi connectivity index (χ1v) is 14.9. The molecule has 0 bridgehead atoms. The molecule has 0 radical (unpaired) electrons. The molecule has 13 heteroatoms. The van der Waals surface area contributed by atoms with Gasteiger partial charge in [0.1, 0.15) is 23.2 Å². The molecule has 3 N–H and O–H groups in total. The Balaban J connectivity index is 0.000000287. The molecule has 4 aliphatic rings. The van der Waals surface area contributed by atoms with Crippen LogP contribution >= 0.6 is 0 Å². The van der Waals surface area contributed by atoms with Gasteiger partial charge in [-0.05, 0) is 49.5 Å². The molecule has 2 aromatic heterocycles. The van der Waals surface area contributed by atoms with E-state index >= 15 is 4.39 Å². The Morgan fingerprint density at radius 1 is 1.09 bits per heavy atom. The van der Waals surface area contributed by atoms with Crippen LogP contribution in [0.25, 0.3) is 32.9 Å². The van der Waals surface area contributed by atoms with Crippen LogP contribution in [0.3, 0.4) is 0 Å². The second kappa shape index (κ2) is 12.4. The maximum absolute atomic E-state index is 15.9. The minimum atomic E-state index is -1.25. The van der Waals surface area contributed by atoms with Crippen molar-refractivity contribution in [1.29, 1.82) is 0 Å². The zero-order valence-electron chi connectivity index (χ0n) is 24.9. The van der Waals surface area contributed by atoms with Crippen molar-refractivity contribution < 1.29 is 58.2 Å². The van der Waals surface area contributed by atoms with Crippen LogP contribution in [-0.2, 0) is 0 Å². The average molecular weight is 860 g/mol. The standard InChI is InChI=1S/C25H17F4N5O.C8H13FN.U/c1-2-12-17-10(7-16(26)18(12)27)6-11(30)8-14(17)21-20(29)22-15(9-31-21)24(33-25(35)32-22)34-5-3-4-13-19(28)23(13)34;1-6-2-8-3-7(9)5-10(8)4-6;/h1,6-9,13,19,23H,3-5,30H2,(H,32,33,35);6-7H,2-5H2,1H3;/q;-1;/t13-,19+,23-;6-,7+;/m00./s1. The fraction of sp³-hybridized carbons (Fsp3) is 0.394. The number of aromatic nitrogens is 3. The summed E-state index contributed by atoms with van der Waals surface area (Å²) < 4.78 is 71.5. The average Bonchev–Trinajstić information content (AvgIpc) is 3.35. The van der Waals surface area contributed by atoms with Gasteiger partial charge in [0.25, 0.3) is 0 Å². The molecule has 1 aliphatic carbocycles. The molecule has 46 heavy (non-hydrogen) atoms. The fourth-order valence-electron chi connectivity index (χ4n) is 7.29. The third-order valence-corrected chi connectivity index (χ3v) is 9.24. The fourth-order valence-corrected chi connectivity index (χ4v) is 7.29. The van der Waals surface area contributed by atoms with Crippen LogP contribution < -0.4 is 10.6 Å². The number of anilines is 2. The Morgan fingerprint density at radius 3 is 2.61 bits per heavy atom. The molecule has 0 amide bonds. The van der Waals surface area contributed by atoms with E-state index in [1.807, 2.05) is 0 Å². The molecular weight excluding hydrogens is 829 g/mol. The van der Waals surface area contributed by atoms with E-state index in [1.165, 1.54) is 24.4 Å². The number of nitrogens with zero attached hydrogens (tertiary/aromatic N) is 5. The second-order valence-electron chi connectivity index (χ2n) is 12.4. The SMILES string of the molecule is C#Cc1c(F)c(F)cc2cc(N)cc(-c3ncc4c(N5CCC[C@H]6[C@@H](F)[C@H]65)nc(O)nc4c3F)c12.C[C@H]1C[C-]2C[C@@H](F)CN2C1.[U]. The number of terminal acetylenes is 1. The third-order valence-electron chi connectivity index (χ3n) is 9.24. The van der Waals surface area contributed by atoms with Gasteiger partial charge >= 0.3 is 6.01 Å². The van der Waals surface area contributed by atoms with Gasteiger partial charge in [0, 0.05) is 66.4 Å². The van der Waals surface area contributed by atoms with E-state index in [-0.39, 0.29) is 81.5 Å². The van der Waals surface area contributed by atoms with Crippen LogP contribution in [0.1, 0.15) is 38.2 Å². The number of fused-ring (bicyclic) bond motifs is 4. The number of hydrogen-bond donors (Lipinski definition) is 2. The normalized spacial score (nSPS) is 25.4. The van der Waals surface area contributed by atoms with Crippen LogP contribution in [0.4, 0.5) is 33.5 Å². The summed E-state index contributed by atoms with van der Waals surface area (Å²) in [5.41, 5.74) is 5.22. The number of aromatic hydroxyl groups is 1. The van der Waals surface area contributed by atoms with Crippen molar-refractivity contribution in [1.82, 2.24) is 19.9 Å². The Kier molecular flexibility index (Phi) is 8.86. The Morgan fingerprint density at radius 2 is 1.87 bits per heavy atom. The number of nitrogen functional groups attached to an aromatic ring is 1. The van der Waals surface area contributed by atoms with Crippen LogP contribution in [0, 0.1) is 78.8 Å². The maximum Gasteiger partial charge on any atom is 0.316 e. The molecule has 3 aliphatic heterocycles. The van der Waals surface area contributed by atoms with Crippen molar-refractivity contribution in [2.24, 2.45) is 11.8 Å². The van der Waals surface area contributed by atoms with E-state index in [2.05, 4.69) is 32.7 Å². The predicted octanol–water partition coefficient (Wildman–Crippen LogP) is 6.07. The van der Waals surface area contributed by atoms with Gasteiger partial charge in [-0.15, -0.1) is 12.8 Å². The molecule has 8 rings (SSSR count). The van der Waals surface area contributed by atoms with Crippen molar-refractivity contribution in [2.75, 3.05) is 30.3 Å². The van der Waals surface area contributed by atoms with E-state index in [4.69, 9.17) is 12.2 Å². The van der Waals surface area contributed by atoms with Gasteiger partial charge in [0.2, 0.25) is 0 Å². The van der Waals surface area contributed by atoms with Crippen LogP contribution in [0.5, 0.6) is 6.01 Å². The van der Waals surface area contributed by atoms with E-state index in [1.54, 1.807) is 4.90 Å². The zero-order valence-corrected chi connectivity index (χ0v) is 29.0. The number of pyridine rings is 1. The molecule has 1 saturated carbocycles. The van der Waals surface area contributed by atoms with Crippen LogP contribution in [0.15, 0.2) is 24.4 Å². The monoisotopic (exact) mass is 859 g/mol. The summed E-state index contributed by atoms with van der Waals surface area (Å²) in [5.74, 6) is -0.396. The first kappa shape index (κ1) is 32.7. The predicted molar refractivity (Wildman–Crippen MR) is 161 cm³/mol. The first-order chi connectivity index (χ1) is 21.5. The van der Waals surface area contributed by atoms with E-state index in [0.29, 0.717) is 19.5 Å². The third kappa shape index (κ3) is 5.57. The largest absolute Gasteiger partial charge is 0.479 e. The van der Waals surface area contributed by atoms with E-state index in [0.717, 1.165) is 37.8 Å². The summed E-state index contributed by atoms with van der Waals surface area (Å²) in [6.07, 6.45) is 8.52. The molecule has 0 spiro atoms. The van der Waals surface area contributed by atoms with Gasteiger partial charge in [-0.3, -0.25) is 4.98 Å². The van der Waals surface area contributed by atoms with Gasteiger partial charge in [-0.25, -0.2) is 28.0 Å². The van der Waals surface area contributed by atoms with Gasteiger partial charge in [-0.1, -0.05) is 18.8 Å². The molecular formula is C33H30F5N6OU-. The molecule has 0 unspecified atom stereocenters. The maximum atomic E-state index is 15.9. The van der Waals surface area contributed by atoms with Gasteiger partial charge < -0.3 is 20.6 Å². The van der Waals surface area contributed by atoms with Crippen molar-refractivity contribution in [3.05, 3.63) is 53.5 Å². The van der Waals surface area contributed by atoms with Crippen LogP contribution in [0.2, 0.25) is 0 Å². The summed E-state index contributed by atoms with van der Waals surface area (Å²) in [7, 11) is 0. The molecule has 5 atom stereocenters. The molecule has 4 aromatic rings. The number of hydrogen-bond acceptors (Lipinski definition) is 7. The van der Waals surface area contributed by atoms with Crippen molar-refractivity contribution in [3.8, 4) is 29.6 Å². The molecule has 3 saturated heterocycles. The molecule has 7 nitrogen and oxygen atoms in total. The van der Waals surface area contributed by atoms with Crippen molar-refractivity contribution in [3.63, 3.8) is 0 Å². The van der Waals surface area contributed by atoms with Crippen LogP contribution in [-0.4, -0.2) is 63.0 Å². The number of rotatable bonds is 2. The quantitative estimate of drug-likeness (QED) is 0.110. The number of alkyl halides is 2. The minimum absolute atomic E-state index is 0. The summed E-state index contributed by atoms with van der Waals surface area (Å²) in [6.45, 7) is 4.49. The molecule has 238 valence electrons. The Labute approximate surface area is 286 Å². The van der Waals surface area contributed by atoms with Gasteiger partial charge in [0.15, 0.2) is 17.5 Å². The smallest absolute Gasteiger partial charge is 0.316 e.